The van der Waals surface area contributed by atoms with Crippen molar-refractivity contribution >= 4 is 31.9 Å². The van der Waals surface area contributed by atoms with Crippen LogP contribution >= 0.6 is 11.3 Å². The zero-order valence-corrected chi connectivity index (χ0v) is 25.9. The normalized spacial score (nSPS) is 12.8. The van der Waals surface area contributed by atoms with E-state index < -0.39 is 32.8 Å². The van der Waals surface area contributed by atoms with Gasteiger partial charge in [-0.1, -0.05) is 74.7 Å². The van der Waals surface area contributed by atoms with Crippen molar-refractivity contribution in [2.24, 2.45) is 0 Å². The number of halogens is 2. The molecule has 0 saturated heterocycles. The molecule has 6 nitrogen and oxygen atoms in total. The average Bonchev–Trinajstić information content (AvgIpc) is 3.46. The summed E-state index contributed by atoms with van der Waals surface area (Å²) in [6.45, 7) is 14.0. The van der Waals surface area contributed by atoms with Crippen LogP contribution in [-0.2, 0) is 16.4 Å². The third-order valence-electron chi connectivity index (χ3n) is 6.99. The number of hydrogen-bond acceptors (Lipinski definition) is 7. The van der Waals surface area contributed by atoms with Crippen LogP contribution in [0.4, 0.5) is 13.9 Å². The number of sulfone groups is 1. The zero-order valence-electron chi connectivity index (χ0n) is 24.3. The third kappa shape index (κ3) is 7.88. The van der Waals surface area contributed by atoms with Gasteiger partial charge in [-0.2, -0.15) is 0 Å². The number of hydrogen-bond donors (Lipinski definition) is 1. The lowest BCUT2D eigenvalue weighted by atomic mass is 10.0. The molecule has 0 aliphatic heterocycles. The van der Waals surface area contributed by atoms with Gasteiger partial charge < -0.3 is 14.8 Å². The minimum Gasteiger partial charge on any atom is -0.478 e. The van der Waals surface area contributed by atoms with E-state index in [1.165, 1.54) is 29.5 Å². The molecule has 0 radical (unpaired) electrons. The molecule has 226 valence electrons. The van der Waals surface area contributed by atoms with E-state index in [1.807, 2.05) is 31.2 Å². The second kappa shape index (κ2) is 14.0. The van der Waals surface area contributed by atoms with Gasteiger partial charge in [0.1, 0.15) is 12.4 Å². The number of aromatic nitrogens is 1. The van der Waals surface area contributed by atoms with Crippen molar-refractivity contribution in [1.82, 2.24) is 4.98 Å². The molecule has 0 fully saturated rings. The molecule has 0 amide bonds. The highest BCUT2D eigenvalue weighted by atomic mass is 32.2. The van der Waals surface area contributed by atoms with Gasteiger partial charge >= 0.3 is 0 Å². The lowest BCUT2D eigenvalue weighted by Crippen LogP contribution is -2.18. The van der Waals surface area contributed by atoms with Gasteiger partial charge in [0.05, 0.1) is 22.0 Å². The van der Waals surface area contributed by atoms with Crippen LogP contribution in [0.15, 0.2) is 96.7 Å². The van der Waals surface area contributed by atoms with E-state index in [2.05, 4.69) is 30.4 Å². The van der Waals surface area contributed by atoms with E-state index in [9.17, 15) is 17.2 Å². The molecule has 1 heterocycles. The minimum atomic E-state index is -3.51. The number of thiazole rings is 1. The van der Waals surface area contributed by atoms with E-state index in [0.717, 1.165) is 35.3 Å². The summed E-state index contributed by atoms with van der Waals surface area (Å²) in [6.07, 6.45) is 1.97. The number of rotatable bonds is 14. The van der Waals surface area contributed by atoms with Crippen LogP contribution in [0, 0.1) is 11.6 Å². The third-order valence-corrected chi connectivity index (χ3v) is 10.1. The molecule has 0 aliphatic carbocycles. The van der Waals surface area contributed by atoms with Gasteiger partial charge in [0.25, 0.3) is 0 Å². The Morgan fingerprint density at radius 1 is 1.02 bits per heavy atom. The highest BCUT2D eigenvalue weighted by Gasteiger charge is 2.24. The largest absolute Gasteiger partial charge is 0.478 e. The summed E-state index contributed by atoms with van der Waals surface area (Å²) in [4.78, 5) is 4.52. The first-order chi connectivity index (χ1) is 20.5. The quantitative estimate of drug-likeness (QED) is 0.151. The van der Waals surface area contributed by atoms with Gasteiger partial charge in [-0.3, -0.25) is 0 Å². The topological polar surface area (TPSA) is 77.5 Å². The Morgan fingerprint density at radius 2 is 1.72 bits per heavy atom. The average molecular weight is 625 g/mol. The number of nitrogens with zero attached hydrogens (tertiary/aromatic N) is 1. The molecule has 10 heteroatoms. The fourth-order valence-corrected chi connectivity index (χ4v) is 6.22. The van der Waals surface area contributed by atoms with E-state index >= 15 is 0 Å². The zero-order chi connectivity index (χ0) is 31.1. The SMILES string of the molecule is C=C(CC)c1ccc(COc2cnc(NC(=C)C(Oc3ccc(F)cc3F)c3ccc(S(=O)(=O)C(C)CC)cc3)s2)cc1. The number of allylic oxidation sites excluding steroid dienone is 1. The molecule has 4 aromatic rings. The molecule has 0 saturated carbocycles. The second-order valence-electron chi connectivity index (χ2n) is 9.98. The van der Waals surface area contributed by atoms with Crippen molar-refractivity contribution in [1.29, 1.82) is 0 Å². The van der Waals surface area contributed by atoms with Crippen molar-refractivity contribution in [3.05, 3.63) is 120 Å². The van der Waals surface area contributed by atoms with Crippen LogP contribution in [0.2, 0.25) is 0 Å². The van der Waals surface area contributed by atoms with Crippen molar-refractivity contribution in [3.8, 4) is 10.8 Å². The van der Waals surface area contributed by atoms with Crippen LogP contribution in [0.5, 0.6) is 10.8 Å². The first kappa shape index (κ1) is 31.9. The van der Waals surface area contributed by atoms with E-state index in [-0.39, 0.29) is 10.6 Å². The fraction of sp³-hybridized carbons (Fsp3) is 0.242. The summed E-state index contributed by atoms with van der Waals surface area (Å²) < 4.78 is 65.6. The molecule has 1 aromatic heterocycles. The summed E-state index contributed by atoms with van der Waals surface area (Å²) in [5.41, 5.74) is 3.97. The molecule has 43 heavy (non-hydrogen) atoms. The summed E-state index contributed by atoms with van der Waals surface area (Å²) in [5, 5.41) is 3.57. The van der Waals surface area contributed by atoms with Gasteiger partial charge in [0, 0.05) is 6.07 Å². The monoisotopic (exact) mass is 624 g/mol. The Labute approximate surface area is 255 Å². The van der Waals surface area contributed by atoms with Crippen LogP contribution in [0.3, 0.4) is 0 Å². The molecule has 4 rings (SSSR count). The van der Waals surface area contributed by atoms with Crippen molar-refractivity contribution in [2.45, 2.75) is 56.5 Å². The van der Waals surface area contributed by atoms with Crippen molar-refractivity contribution in [3.63, 3.8) is 0 Å². The molecule has 0 aliphatic rings. The van der Waals surface area contributed by atoms with E-state index in [1.54, 1.807) is 25.3 Å². The van der Waals surface area contributed by atoms with Crippen LogP contribution in [-0.4, -0.2) is 18.7 Å². The summed E-state index contributed by atoms with van der Waals surface area (Å²) in [5.74, 6) is -1.82. The Kier molecular flexibility index (Phi) is 10.4. The summed E-state index contributed by atoms with van der Waals surface area (Å²) >= 11 is 1.25. The van der Waals surface area contributed by atoms with Gasteiger partial charge in [-0.05, 0) is 66.3 Å². The van der Waals surface area contributed by atoms with Gasteiger partial charge in [0.2, 0.25) is 0 Å². The van der Waals surface area contributed by atoms with Crippen LogP contribution < -0.4 is 14.8 Å². The maximum Gasteiger partial charge on any atom is 0.196 e. The molecular formula is C33H34F2N2O4S2. The molecule has 3 aromatic carbocycles. The molecule has 0 spiro atoms. The molecule has 0 bridgehead atoms. The van der Waals surface area contributed by atoms with E-state index in [4.69, 9.17) is 9.47 Å². The summed E-state index contributed by atoms with van der Waals surface area (Å²) in [7, 11) is -3.51. The molecule has 1 N–H and O–H groups in total. The van der Waals surface area contributed by atoms with Crippen LogP contribution in [0.25, 0.3) is 5.57 Å². The van der Waals surface area contributed by atoms with Crippen molar-refractivity contribution in [2.75, 3.05) is 5.32 Å². The Morgan fingerprint density at radius 3 is 2.35 bits per heavy atom. The minimum absolute atomic E-state index is 0.169. The lowest BCUT2D eigenvalue weighted by Gasteiger charge is -2.23. The molecular weight excluding hydrogens is 591 g/mol. The first-order valence-corrected chi connectivity index (χ1v) is 16.1. The standard InChI is InChI=1S/C33H34F2N2O4S2/c1-6-21(3)25-10-8-24(9-11-25)20-40-31-19-36-33(42-31)37-23(5)32(41-30-17-14-27(34)18-29(30)35)26-12-15-28(16-13-26)43(38,39)22(4)7-2/h8-19,22,32H,3,5-7,20H2,1-2,4H3,(H,36,37). The predicted molar refractivity (Wildman–Crippen MR) is 168 cm³/mol. The van der Waals surface area contributed by atoms with Gasteiger partial charge in [-0.25, -0.2) is 22.2 Å². The lowest BCUT2D eigenvalue weighted by molar-refractivity contribution is 0.232. The molecule has 2 atom stereocenters. The van der Waals surface area contributed by atoms with Crippen molar-refractivity contribution < 1.29 is 26.7 Å². The second-order valence-corrected chi connectivity index (χ2v) is 13.3. The number of benzene rings is 3. The number of nitrogens with one attached hydrogen (secondary N) is 1. The maximum atomic E-state index is 14.5. The maximum absolute atomic E-state index is 14.5. The fourth-order valence-electron chi connectivity index (χ4n) is 4.10. The first-order valence-electron chi connectivity index (χ1n) is 13.8. The van der Waals surface area contributed by atoms with E-state index in [0.29, 0.717) is 34.5 Å². The highest BCUT2D eigenvalue weighted by molar-refractivity contribution is 7.92. The summed E-state index contributed by atoms with van der Waals surface area (Å²) in [6, 6.07) is 17.2. The van der Waals surface area contributed by atoms with Crippen LogP contribution in [0.1, 0.15) is 56.4 Å². The smallest absolute Gasteiger partial charge is 0.196 e. The Hall–Kier alpha value is -4.02. The van der Waals surface area contributed by atoms with Gasteiger partial charge in [-0.15, -0.1) is 0 Å². The van der Waals surface area contributed by atoms with Gasteiger partial charge in [0.15, 0.2) is 37.7 Å². The highest BCUT2D eigenvalue weighted by Crippen LogP contribution is 2.34. The molecule has 2 unspecified atom stereocenters. The number of ether oxygens (including phenoxy) is 2. The Balaban J connectivity index is 1.51. The predicted octanol–water partition coefficient (Wildman–Crippen LogP) is 8.74. The Bertz CT molecular complexity index is 1680. The number of anilines is 1.